The van der Waals surface area contributed by atoms with Crippen molar-refractivity contribution in [1.82, 2.24) is 14.8 Å². The maximum Gasteiger partial charge on any atom is 0.262 e. The highest BCUT2D eigenvalue weighted by molar-refractivity contribution is 7.92. The predicted molar refractivity (Wildman–Crippen MR) is 107 cm³/mol. The average molecular weight is 403 g/mol. The number of hydrogen-bond donors (Lipinski definition) is 2. The van der Waals surface area contributed by atoms with E-state index < -0.39 is 15.9 Å². The molecule has 0 fully saturated rings. The van der Waals surface area contributed by atoms with Crippen LogP contribution in [0.2, 0.25) is 0 Å². The Labute approximate surface area is 162 Å². The summed E-state index contributed by atoms with van der Waals surface area (Å²) in [6, 6.07) is 8.43. The lowest BCUT2D eigenvalue weighted by Crippen LogP contribution is -2.21. The molecule has 0 aliphatic heterocycles. The Balaban J connectivity index is 1.75. The van der Waals surface area contributed by atoms with Crippen molar-refractivity contribution in [3.05, 3.63) is 41.6 Å². The van der Waals surface area contributed by atoms with E-state index in [0.717, 1.165) is 22.9 Å². The van der Waals surface area contributed by atoms with Gasteiger partial charge in [-0.05, 0) is 37.6 Å². The molecule has 2 heterocycles. The van der Waals surface area contributed by atoms with Crippen LogP contribution in [0.1, 0.15) is 11.3 Å². The zero-order chi connectivity index (χ0) is 20.5. The van der Waals surface area contributed by atoms with Crippen LogP contribution < -0.4 is 14.8 Å². The third kappa shape index (κ3) is 4.39. The number of amides is 1. The number of pyridine rings is 1. The van der Waals surface area contributed by atoms with Crippen LogP contribution in [0.25, 0.3) is 11.0 Å². The van der Waals surface area contributed by atoms with Crippen LogP contribution in [0, 0.1) is 13.8 Å². The Morgan fingerprint density at radius 1 is 1.21 bits per heavy atom. The molecule has 3 rings (SSSR count). The van der Waals surface area contributed by atoms with Gasteiger partial charge in [0.05, 0.1) is 23.0 Å². The van der Waals surface area contributed by atoms with Crippen molar-refractivity contribution in [2.45, 2.75) is 13.8 Å². The van der Waals surface area contributed by atoms with Gasteiger partial charge in [0, 0.05) is 12.7 Å². The van der Waals surface area contributed by atoms with Crippen molar-refractivity contribution in [1.29, 1.82) is 0 Å². The number of hydrogen-bond acceptors (Lipinski definition) is 6. The highest BCUT2D eigenvalue weighted by atomic mass is 32.2. The Bertz CT molecular complexity index is 1150. The molecule has 0 aliphatic rings. The summed E-state index contributed by atoms with van der Waals surface area (Å²) >= 11 is 0. The normalized spacial score (nSPS) is 11.4. The summed E-state index contributed by atoms with van der Waals surface area (Å²) < 4.78 is 32.5. The third-order valence-electron chi connectivity index (χ3n) is 3.92. The lowest BCUT2D eigenvalue weighted by Gasteiger charge is -2.12. The third-order valence-corrected chi connectivity index (χ3v) is 4.51. The summed E-state index contributed by atoms with van der Waals surface area (Å²) in [6.07, 6.45) is 1.04. The van der Waals surface area contributed by atoms with Gasteiger partial charge in [-0.2, -0.15) is 0 Å². The van der Waals surface area contributed by atoms with Gasteiger partial charge in [0.25, 0.3) is 5.91 Å². The maximum atomic E-state index is 12.3. The Morgan fingerprint density at radius 2 is 1.89 bits per heavy atom. The number of nitrogens with one attached hydrogen (secondary N) is 2. The molecule has 0 bridgehead atoms. The van der Waals surface area contributed by atoms with E-state index in [4.69, 9.17) is 4.74 Å². The van der Waals surface area contributed by atoms with Crippen LogP contribution in [0.5, 0.6) is 5.88 Å². The fourth-order valence-corrected chi connectivity index (χ4v) is 3.43. The van der Waals surface area contributed by atoms with Gasteiger partial charge in [0.2, 0.25) is 15.9 Å². The molecule has 10 heteroatoms. The van der Waals surface area contributed by atoms with Crippen molar-refractivity contribution in [3.8, 4) is 5.88 Å². The van der Waals surface area contributed by atoms with E-state index in [1.807, 2.05) is 19.9 Å². The minimum absolute atomic E-state index is 0.275. The molecule has 0 unspecified atom stereocenters. The maximum absolute atomic E-state index is 12.3. The van der Waals surface area contributed by atoms with Crippen molar-refractivity contribution in [2.24, 2.45) is 7.05 Å². The van der Waals surface area contributed by atoms with Gasteiger partial charge in [-0.1, -0.05) is 12.1 Å². The fraction of sp³-hybridized carbons (Fsp3) is 0.278. The summed E-state index contributed by atoms with van der Waals surface area (Å²) in [5.41, 5.74) is 3.11. The molecule has 0 saturated heterocycles. The summed E-state index contributed by atoms with van der Waals surface area (Å²) in [5, 5.41) is 7.69. The van der Waals surface area contributed by atoms with E-state index >= 15 is 0 Å². The monoisotopic (exact) mass is 403 g/mol. The summed E-state index contributed by atoms with van der Waals surface area (Å²) in [6.45, 7) is 3.54. The molecular formula is C18H21N5O4S. The van der Waals surface area contributed by atoms with E-state index in [0.29, 0.717) is 17.2 Å². The fourth-order valence-electron chi connectivity index (χ4n) is 2.85. The zero-order valence-corrected chi connectivity index (χ0v) is 16.8. The average Bonchev–Trinajstić information content (AvgIpc) is 2.90. The molecule has 0 spiro atoms. The number of rotatable bonds is 6. The Morgan fingerprint density at radius 3 is 2.57 bits per heavy atom. The molecule has 0 atom stereocenters. The zero-order valence-electron chi connectivity index (χ0n) is 16.0. The molecule has 0 saturated carbocycles. The predicted octanol–water partition coefficient (Wildman–Crippen LogP) is 1.97. The number of anilines is 2. The molecule has 2 N–H and O–H groups in total. The first-order chi connectivity index (χ1) is 13.1. The van der Waals surface area contributed by atoms with Crippen LogP contribution in [0.4, 0.5) is 11.4 Å². The van der Waals surface area contributed by atoms with E-state index in [1.165, 1.54) is 0 Å². The highest BCUT2D eigenvalue weighted by Crippen LogP contribution is 2.27. The van der Waals surface area contributed by atoms with Gasteiger partial charge < -0.3 is 10.1 Å². The molecule has 1 aromatic carbocycles. The van der Waals surface area contributed by atoms with Gasteiger partial charge in [-0.3, -0.25) is 9.52 Å². The number of nitrogens with zero attached hydrogens (tertiary/aromatic N) is 3. The largest absolute Gasteiger partial charge is 0.466 e. The van der Waals surface area contributed by atoms with E-state index in [9.17, 15) is 13.2 Å². The molecule has 28 heavy (non-hydrogen) atoms. The van der Waals surface area contributed by atoms with Gasteiger partial charge in [0.15, 0.2) is 12.3 Å². The van der Waals surface area contributed by atoms with Crippen LogP contribution in [0.15, 0.2) is 30.3 Å². The number of sulfonamides is 1. The molecule has 2 aromatic heterocycles. The first-order valence-corrected chi connectivity index (χ1v) is 10.3. The SMILES string of the molecule is Cc1cc(C)c2c(OCC(=O)Nc3ccccc3NS(C)(=O)=O)nn(C)c2n1. The summed E-state index contributed by atoms with van der Waals surface area (Å²) in [5.74, 6) is -0.125. The minimum Gasteiger partial charge on any atom is -0.466 e. The summed E-state index contributed by atoms with van der Waals surface area (Å²) in [4.78, 5) is 16.8. The smallest absolute Gasteiger partial charge is 0.262 e. The molecule has 148 valence electrons. The van der Waals surface area contributed by atoms with Crippen molar-refractivity contribution in [2.75, 3.05) is 22.9 Å². The highest BCUT2D eigenvalue weighted by Gasteiger charge is 2.16. The number of ether oxygens (including phenoxy) is 1. The second-order valence-corrected chi connectivity index (χ2v) is 8.21. The molecule has 1 amide bonds. The second kappa shape index (κ2) is 7.47. The van der Waals surface area contributed by atoms with Crippen molar-refractivity contribution >= 4 is 38.3 Å². The quantitative estimate of drug-likeness (QED) is 0.650. The van der Waals surface area contributed by atoms with E-state index in [1.54, 1.807) is 36.0 Å². The number of carbonyl (C=O) groups is 1. The summed E-state index contributed by atoms with van der Waals surface area (Å²) in [7, 11) is -1.71. The molecule has 0 aliphatic carbocycles. The first-order valence-electron chi connectivity index (χ1n) is 8.44. The number of benzene rings is 1. The van der Waals surface area contributed by atoms with Crippen LogP contribution in [-0.4, -0.2) is 42.0 Å². The topological polar surface area (TPSA) is 115 Å². The Hall–Kier alpha value is -3.14. The van der Waals surface area contributed by atoms with Crippen molar-refractivity contribution < 1.29 is 17.9 Å². The number of para-hydroxylation sites is 2. The molecule has 9 nitrogen and oxygen atoms in total. The first kappa shape index (κ1) is 19.6. The second-order valence-electron chi connectivity index (χ2n) is 6.46. The van der Waals surface area contributed by atoms with Gasteiger partial charge >= 0.3 is 0 Å². The standard InChI is InChI=1S/C18H21N5O4S/c1-11-9-12(2)19-17-16(11)18(21-23(17)3)27-10-15(24)20-13-7-5-6-8-14(13)22-28(4,25)26/h5-9,22H,10H2,1-4H3,(H,20,24). The number of aryl methyl sites for hydroxylation is 3. The lowest BCUT2D eigenvalue weighted by molar-refractivity contribution is -0.118. The van der Waals surface area contributed by atoms with Crippen LogP contribution in [-0.2, 0) is 21.9 Å². The number of fused-ring (bicyclic) bond motifs is 1. The van der Waals surface area contributed by atoms with Gasteiger partial charge in [-0.25, -0.2) is 18.1 Å². The van der Waals surface area contributed by atoms with Crippen LogP contribution in [0.3, 0.4) is 0 Å². The van der Waals surface area contributed by atoms with Gasteiger partial charge in [0.1, 0.15) is 0 Å². The lowest BCUT2D eigenvalue weighted by atomic mass is 10.2. The van der Waals surface area contributed by atoms with E-state index in [2.05, 4.69) is 20.1 Å². The van der Waals surface area contributed by atoms with Crippen LogP contribution >= 0.6 is 0 Å². The number of aromatic nitrogens is 3. The molecular weight excluding hydrogens is 382 g/mol. The van der Waals surface area contributed by atoms with Gasteiger partial charge in [-0.15, -0.1) is 5.10 Å². The van der Waals surface area contributed by atoms with E-state index in [-0.39, 0.29) is 12.3 Å². The molecule has 3 aromatic rings. The Kier molecular flexibility index (Phi) is 5.23. The molecule has 0 radical (unpaired) electrons. The minimum atomic E-state index is -3.47. The number of carbonyl (C=O) groups excluding carboxylic acids is 1. The van der Waals surface area contributed by atoms with Crippen molar-refractivity contribution in [3.63, 3.8) is 0 Å².